The topological polar surface area (TPSA) is 67.1 Å². The number of guanidine groups is 1. The summed E-state index contributed by atoms with van der Waals surface area (Å²) in [6.45, 7) is 5.03. The Morgan fingerprint density at radius 3 is 2.77 bits per heavy atom. The standard InChI is InChI=1S/C21H29F3N6/c1-3-19-29-26-14-30(19)12-11-25-20(28-18-9-4-5-10-18)27-15(2)16-7-6-8-17(13-16)21(22,23)24/h6-8,13-15,18H,3-5,9-12H2,1-2H3,(H2,25,27,28). The van der Waals surface area contributed by atoms with Gasteiger partial charge in [-0.25, -0.2) is 0 Å². The molecular formula is C21H29F3N6. The second-order valence-electron chi connectivity index (χ2n) is 7.64. The Morgan fingerprint density at radius 2 is 2.07 bits per heavy atom. The molecule has 1 heterocycles. The Hall–Kier alpha value is -2.58. The van der Waals surface area contributed by atoms with Crippen LogP contribution in [-0.4, -0.2) is 33.3 Å². The van der Waals surface area contributed by atoms with Crippen LogP contribution in [0.2, 0.25) is 0 Å². The van der Waals surface area contributed by atoms with Gasteiger partial charge in [0.2, 0.25) is 0 Å². The molecule has 0 aliphatic heterocycles. The Balaban J connectivity index is 1.70. The molecule has 1 aliphatic rings. The molecule has 9 heteroatoms. The van der Waals surface area contributed by atoms with Gasteiger partial charge in [-0.15, -0.1) is 10.2 Å². The summed E-state index contributed by atoms with van der Waals surface area (Å²) in [5, 5.41) is 14.7. The lowest BCUT2D eigenvalue weighted by Crippen LogP contribution is -2.43. The minimum atomic E-state index is -4.36. The SMILES string of the molecule is CCc1nncn1CCN=C(NC1CCCC1)NC(C)c1cccc(C(F)(F)F)c1. The molecule has 2 aromatic rings. The molecular weight excluding hydrogens is 393 g/mol. The third kappa shape index (κ3) is 5.96. The van der Waals surface area contributed by atoms with Gasteiger partial charge < -0.3 is 15.2 Å². The second kappa shape index (κ2) is 9.95. The summed E-state index contributed by atoms with van der Waals surface area (Å²) >= 11 is 0. The molecule has 1 aromatic heterocycles. The van der Waals surface area contributed by atoms with E-state index >= 15 is 0 Å². The smallest absolute Gasteiger partial charge is 0.354 e. The highest BCUT2D eigenvalue weighted by molar-refractivity contribution is 5.80. The maximum absolute atomic E-state index is 13.1. The number of rotatable bonds is 7. The molecule has 1 saturated carbocycles. The summed E-state index contributed by atoms with van der Waals surface area (Å²) in [5.41, 5.74) is -0.0755. The van der Waals surface area contributed by atoms with E-state index in [-0.39, 0.29) is 6.04 Å². The number of nitrogens with zero attached hydrogens (tertiary/aromatic N) is 4. The van der Waals surface area contributed by atoms with Crippen molar-refractivity contribution in [1.29, 1.82) is 0 Å². The van der Waals surface area contributed by atoms with Crippen molar-refractivity contribution in [3.05, 3.63) is 47.5 Å². The van der Waals surface area contributed by atoms with Crippen molar-refractivity contribution in [3.63, 3.8) is 0 Å². The van der Waals surface area contributed by atoms with Crippen LogP contribution >= 0.6 is 0 Å². The van der Waals surface area contributed by atoms with E-state index in [2.05, 4.69) is 25.8 Å². The minimum absolute atomic E-state index is 0.318. The van der Waals surface area contributed by atoms with Gasteiger partial charge in [-0.1, -0.05) is 31.9 Å². The third-order valence-corrected chi connectivity index (χ3v) is 5.39. The summed E-state index contributed by atoms with van der Waals surface area (Å²) in [5.74, 6) is 1.53. The highest BCUT2D eigenvalue weighted by Gasteiger charge is 2.30. The number of hydrogen-bond acceptors (Lipinski definition) is 3. The number of aromatic nitrogens is 3. The fourth-order valence-corrected chi connectivity index (χ4v) is 3.68. The van der Waals surface area contributed by atoms with Crippen molar-refractivity contribution < 1.29 is 13.2 Å². The third-order valence-electron chi connectivity index (χ3n) is 5.39. The number of aliphatic imine (C=N–C) groups is 1. The van der Waals surface area contributed by atoms with Crippen molar-refractivity contribution >= 4 is 5.96 Å². The normalized spacial score (nSPS) is 16.6. The van der Waals surface area contributed by atoms with Crippen molar-refractivity contribution in [3.8, 4) is 0 Å². The summed E-state index contributed by atoms with van der Waals surface area (Å²) in [4.78, 5) is 4.67. The van der Waals surface area contributed by atoms with Crippen molar-refractivity contribution in [2.24, 2.45) is 4.99 Å². The molecule has 0 radical (unpaired) electrons. The molecule has 1 aliphatic carbocycles. The molecule has 1 unspecified atom stereocenters. The first-order valence-corrected chi connectivity index (χ1v) is 10.5. The van der Waals surface area contributed by atoms with Crippen LogP contribution in [0.25, 0.3) is 0 Å². The average molecular weight is 422 g/mol. The van der Waals surface area contributed by atoms with Crippen molar-refractivity contribution in [1.82, 2.24) is 25.4 Å². The molecule has 0 amide bonds. The lowest BCUT2D eigenvalue weighted by molar-refractivity contribution is -0.137. The Labute approximate surface area is 175 Å². The van der Waals surface area contributed by atoms with Crippen LogP contribution in [-0.2, 0) is 19.1 Å². The number of nitrogens with one attached hydrogen (secondary N) is 2. The molecule has 0 spiro atoms. The summed E-state index contributed by atoms with van der Waals surface area (Å²) in [6.07, 6.45) is 2.63. The van der Waals surface area contributed by atoms with E-state index in [0.717, 1.165) is 31.2 Å². The molecule has 3 rings (SSSR count). The number of alkyl halides is 3. The molecule has 1 aromatic carbocycles. The van der Waals surface area contributed by atoms with Crippen LogP contribution in [0.15, 0.2) is 35.6 Å². The summed E-state index contributed by atoms with van der Waals surface area (Å²) < 4.78 is 41.1. The predicted octanol–water partition coefficient (Wildman–Crippen LogP) is 4.10. The van der Waals surface area contributed by atoms with Crippen molar-refractivity contribution in [2.45, 2.75) is 70.8 Å². The van der Waals surface area contributed by atoms with E-state index in [9.17, 15) is 13.2 Å². The van der Waals surface area contributed by atoms with E-state index in [1.807, 2.05) is 18.4 Å². The molecule has 2 N–H and O–H groups in total. The zero-order valence-electron chi connectivity index (χ0n) is 17.4. The largest absolute Gasteiger partial charge is 0.416 e. The van der Waals surface area contributed by atoms with Crippen molar-refractivity contribution in [2.75, 3.05) is 6.54 Å². The summed E-state index contributed by atoms with van der Waals surface area (Å²) in [7, 11) is 0. The van der Waals surface area contributed by atoms with Gasteiger partial charge in [-0.3, -0.25) is 4.99 Å². The van der Waals surface area contributed by atoms with Gasteiger partial charge in [-0.2, -0.15) is 13.2 Å². The van der Waals surface area contributed by atoms with Crippen LogP contribution in [0.1, 0.15) is 62.5 Å². The van der Waals surface area contributed by atoms with Gasteiger partial charge in [0.05, 0.1) is 18.2 Å². The van der Waals surface area contributed by atoms with E-state index in [0.29, 0.717) is 30.7 Å². The zero-order valence-corrected chi connectivity index (χ0v) is 17.4. The number of hydrogen-bond donors (Lipinski definition) is 2. The second-order valence-corrected chi connectivity index (χ2v) is 7.64. The van der Waals surface area contributed by atoms with E-state index in [4.69, 9.17) is 0 Å². The van der Waals surface area contributed by atoms with Crippen LogP contribution in [0.3, 0.4) is 0 Å². The lowest BCUT2D eigenvalue weighted by atomic mass is 10.1. The average Bonchev–Trinajstić information content (AvgIpc) is 3.39. The Bertz CT molecular complexity index is 839. The molecule has 1 atom stereocenters. The minimum Gasteiger partial charge on any atom is -0.354 e. The molecule has 164 valence electrons. The number of benzene rings is 1. The van der Waals surface area contributed by atoms with Crippen LogP contribution in [0.5, 0.6) is 0 Å². The number of aryl methyl sites for hydroxylation is 1. The molecule has 0 bridgehead atoms. The Morgan fingerprint density at radius 1 is 1.30 bits per heavy atom. The fourth-order valence-electron chi connectivity index (χ4n) is 3.68. The maximum Gasteiger partial charge on any atom is 0.416 e. The lowest BCUT2D eigenvalue weighted by Gasteiger charge is -2.22. The zero-order chi connectivity index (χ0) is 21.6. The molecule has 1 fully saturated rings. The van der Waals surface area contributed by atoms with Gasteiger partial charge >= 0.3 is 6.18 Å². The van der Waals surface area contributed by atoms with Gasteiger partial charge in [0.15, 0.2) is 5.96 Å². The number of halogens is 3. The first-order valence-electron chi connectivity index (χ1n) is 10.5. The van der Waals surface area contributed by atoms with E-state index < -0.39 is 11.7 Å². The van der Waals surface area contributed by atoms with Crippen LogP contribution in [0.4, 0.5) is 13.2 Å². The highest BCUT2D eigenvalue weighted by atomic mass is 19.4. The first kappa shape index (κ1) is 22.1. The molecule has 6 nitrogen and oxygen atoms in total. The van der Waals surface area contributed by atoms with Crippen LogP contribution in [0, 0.1) is 0 Å². The predicted molar refractivity (Wildman–Crippen MR) is 110 cm³/mol. The van der Waals surface area contributed by atoms with E-state index in [1.165, 1.54) is 25.0 Å². The molecule has 30 heavy (non-hydrogen) atoms. The fraction of sp³-hybridized carbons (Fsp3) is 0.571. The van der Waals surface area contributed by atoms with Gasteiger partial charge in [0.25, 0.3) is 0 Å². The first-order chi connectivity index (χ1) is 14.4. The monoisotopic (exact) mass is 422 g/mol. The Kier molecular flexibility index (Phi) is 7.33. The van der Waals surface area contributed by atoms with Gasteiger partial charge in [0.1, 0.15) is 12.2 Å². The van der Waals surface area contributed by atoms with Gasteiger partial charge in [-0.05, 0) is 37.5 Å². The summed E-state index contributed by atoms with van der Waals surface area (Å²) in [6, 6.07) is 5.44. The maximum atomic E-state index is 13.1. The molecule has 0 saturated heterocycles. The van der Waals surface area contributed by atoms with Gasteiger partial charge in [0, 0.05) is 19.0 Å². The highest BCUT2D eigenvalue weighted by Crippen LogP contribution is 2.30. The quantitative estimate of drug-likeness (QED) is 0.521. The van der Waals surface area contributed by atoms with E-state index in [1.54, 1.807) is 12.4 Å². The van der Waals surface area contributed by atoms with Crippen LogP contribution < -0.4 is 10.6 Å².